The molecule has 8 nitrogen and oxygen atoms in total. The van der Waals surface area contributed by atoms with Gasteiger partial charge in [-0.05, 0) is 60.4 Å². The highest BCUT2D eigenvalue weighted by Gasteiger charge is 2.31. The fraction of sp³-hybridized carbons (Fsp3) is 0.375. The van der Waals surface area contributed by atoms with Gasteiger partial charge in [-0.2, -0.15) is 13.2 Å². The van der Waals surface area contributed by atoms with Crippen LogP contribution in [0.15, 0.2) is 66.7 Å². The lowest BCUT2D eigenvalue weighted by Gasteiger charge is -2.30. The first-order valence-corrected chi connectivity index (χ1v) is 14.7. The van der Waals surface area contributed by atoms with Gasteiger partial charge in [-0.25, -0.2) is 13.6 Å². The van der Waals surface area contributed by atoms with Crippen LogP contribution < -0.4 is 20.7 Å². The van der Waals surface area contributed by atoms with E-state index in [2.05, 4.69) is 15.4 Å². The molecule has 0 radical (unpaired) electrons. The fourth-order valence-corrected chi connectivity index (χ4v) is 5.01. The van der Waals surface area contributed by atoms with Gasteiger partial charge in [0.05, 0.1) is 18.8 Å². The number of anilines is 1. The summed E-state index contributed by atoms with van der Waals surface area (Å²) in [6.07, 6.45) is -10.8. The summed E-state index contributed by atoms with van der Waals surface area (Å²) in [6, 6.07) is 13.9. The van der Waals surface area contributed by atoms with E-state index in [1.165, 1.54) is 54.6 Å². The molecule has 3 aromatic carbocycles. The van der Waals surface area contributed by atoms with E-state index in [-0.39, 0.29) is 43.9 Å². The Morgan fingerprint density at radius 2 is 1.60 bits per heavy atom. The summed E-state index contributed by atoms with van der Waals surface area (Å²) in [5, 5.41) is 7.37. The van der Waals surface area contributed by atoms with Crippen LogP contribution in [0.25, 0.3) is 0 Å². The number of hydrogen-bond donors (Lipinski definition) is 3. The van der Waals surface area contributed by atoms with E-state index in [1.54, 1.807) is 5.32 Å². The second kappa shape index (κ2) is 16.1. The number of halogens is 8. The molecule has 1 aliphatic heterocycles. The Hall–Kier alpha value is -4.44. The summed E-state index contributed by atoms with van der Waals surface area (Å²) in [6.45, 7) is -1.40. The molecule has 3 atom stereocenters. The smallest absolute Gasteiger partial charge is 0.448 e. The standard InChI is InChI=1S/C32H31F8N3O5/c33-21-8-4-19(5-9-21)26(20-6-10-23(11-7-20)48-32(38,39)40)14-29(44)43-28-3-1-2-27(34)25(28)13-12-24-15-41-22(16-46-24)17-47-30(45)42-18-31(35,36)37/h1-11,22,24,26,41H,12-18H2,(H,42,45)(H,43,44)/t22-,24+,26-/m0/s1. The molecule has 0 saturated carbocycles. The molecule has 1 saturated heterocycles. The van der Waals surface area contributed by atoms with E-state index in [4.69, 9.17) is 9.47 Å². The van der Waals surface area contributed by atoms with Crippen molar-refractivity contribution in [1.82, 2.24) is 10.6 Å². The molecule has 0 spiro atoms. The highest BCUT2D eigenvalue weighted by molar-refractivity contribution is 5.92. The van der Waals surface area contributed by atoms with Gasteiger partial charge in [0.15, 0.2) is 0 Å². The minimum atomic E-state index is -4.89. The highest BCUT2D eigenvalue weighted by atomic mass is 19.4. The lowest BCUT2D eigenvalue weighted by molar-refractivity contribution is -0.274. The van der Waals surface area contributed by atoms with Crippen molar-refractivity contribution in [3.63, 3.8) is 0 Å². The van der Waals surface area contributed by atoms with E-state index in [1.807, 2.05) is 0 Å². The first-order valence-electron chi connectivity index (χ1n) is 14.7. The summed E-state index contributed by atoms with van der Waals surface area (Å²) in [5.41, 5.74) is 1.38. The number of nitrogens with one attached hydrogen (secondary N) is 3. The number of hydrogen-bond acceptors (Lipinski definition) is 6. The summed E-state index contributed by atoms with van der Waals surface area (Å²) in [7, 11) is 0. The molecule has 4 rings (SSSR count). The van der Waals surface area contributed by atoms with Gasteiger partial charge in [-0.3, -0.25) is 4.79 Å². The zero-order chi connectivity index (χ0) is 34.9. The fourth-order valence-electron chi connectivity index (χ4n) is 5.01. The lowest BCUT2D eigenvalue weighted by atomic mass is 9.88. The number of morpholine rings is 1. The molecule has 3 aromatic rings. The Balaban J connectivity index is 1.35. The maximum Gasteiger partial charge on any atom is 0.573 e. The zero-order valence-corrected chi connectivity index (χ0v) is 25.1. The van der Waals surface area contributed by atoms with Crippen molar-refractivity contribution in [2.24, 2.45) is 0 Å². The number of benzene rings is 3. The summed E-state index contributed by atoms with van der Waals surface area (Å²) >= 11 is 0. The van der Waals surface area contributed by atoms with Gasteiger partial charge in [0, 0.05) is 30.1 Å². The molecule has 0 bridgehead atoms. The van der Waals surface area contributed by atoms with Crippen LogP contribution in [0, 0.1) is 11.6 Å². The predicted molar refractivity (Wildman–Crippen MR) is 156 cm³/mol. The normalized spacial score (nSPS) is 17.3. The second-order valence-corrected chi connectivity index (χ2v) is 10.9. The van der Waals surface area contributed by atoms with Crippen LogP contribution in [-0.2, 0) is 20.7 Å². The van der Waals surface area contributed by atoms with Crippen LogP contribution in [0.1, 0.15) is 35.4 Å². The first kappa shape index (κ1) is 36.4. The number of ether oxygens (including phenoxy) is 3. The van der Waals surface area contributed by atoms with E-state index >= 15 is 0 Å². The number of alkyl halides is 6. The molecule has 16 heteroatoms. The minimum absolute atomic E-state index is 0.0756. The zero-order valence-electron chi connectivity index (χ0n) is 25.1. The number of carbonyl (C=O) groups is 2. The third-order valence-electron chi connectivity index (χ3n) is 7.30. The number of carbonyl (C=O) groups excluding carboxylic acids is 2. The lowest BCUT2D eigenvalue weighted by Crippen LogP contribution is -2.49. The number of alkyl carbamates (subject to hydrolysis) is 1. The molecule has 2 amide bonds. The van der Waals surface area contributed by atoms with Crippen LogP contribution in [0.2, 0.25) is 0 Å². The van der Waals surface area contributed by atoms with Crippen molar-refractivity contribution in [3.8, 4) is 5.75 Å². The van der Waals surface area contributed by atoms with Crippen molar-refractivity contribution in [2.75, 3.05) is 31.6 Å². The molecule has 1 fully saturated rings. The maximum absolute atomic E-state index is 15.0. The van der Waals surface area contributed by atoms with E-state index in [0.29, 0.717) is 17.5 Å². The molecule has 260 valence electrons. The molecular weight excluding hydrogens is 658 g/mol. The Morgan fingerprint density at radius 3 is 2.21 bits per heavy atom. The first-order chi connectivity index (χ1) is 22.6. The Labute approximate surface area is 269 Å². The van der Waals surface area contributed by atoms with Gasteiger partial charge in [0.25, 0.3) is 0 Å². The molecule has 3 N–H and O–H groups in total. The van der Waals surface area contributed by atoms with E-state index in [9.17, 15) is 44.7 Å². The van der Waals surface area contributed by atoms with Crippen molar-refractivity contribution in [1.29, 1.82) is 0 Å². The molecule has 1 aliphatic rings. The van der Waals surface area contributed by atoms with Gasteiger partial charge in [-0.15, -0.1) is 13.2 Å². The monoisotopic (exact) mass is 689 g/mol. The van der Waals surface area contributed by atoms with Crippen LogP contribution >= 0.6 is 0 Å². The minimum Gasteiger partial charge on any atom is -0.448 e. The van der Waals surface area contributed by atoms with Crippen molar-refractivity contribution in [3.05, 3.63) is 95.1 Å². The largest absolute Gasteiger partial charge is 0.573 e. The Morgan fingerprint density at radius 1 is 0.938 bits per heavy atom. The van der Waals surface area contributed by atoms with E-state index in [0.717, 1.165) is 12.1 Å². The van der Waals surface area contributed by atoms with Crippen molar-refractivity contribution in [2.45, 2.75) is 49.9 Å². The SMILES string of the molecule is O=C(C[C@@H](c1ccc(F)cc1)c1ccc(OC(F)(F)F)cc1)Nc1cccc(F)c1CC[C@@H]1CN[C@H](COC(=O)NCC(F)(F)F)CO1. The third kappa shape index (κ3) is 11.7. The van der Waals surface area contributed by atoms with Crippen molar-refractivity contribution < 1.29 is 58.9 Å². The molecule has 48 heavy (non-hydrogen) atoms. The summed E-state index contributed by atoms with van der Waals surface area (Å²) in [4.78, 5) is 24.7. The topological polar surface area (TPSA) is 97.9 Å². The van der Waals surface area contributed by atoms with Crippen molar-refractivity contribution >= 4 is 17.7 Å². The second-order valence-electron chi connectivity index (χ2n) is 10.9. The molecule has 1 heterocycles. The third-order valence-corrected chi connectivity index (χ3v) is 7.30. The van der Waals surface area contributed by atoms with Crippen LogP contribution in [0.3, 0.4) is 0 Å². The molecule has 0 aromatic heterocycles. The van der Waals surface area contributed by atoms with Gasteiger partial charge >= 0.3 is 18.6 Å². The number of rotatable bonds is 12. The van der Waals surface area contributed by atoms with Gasteiger partial charge in [0.2, 0.25) is 5.91 Å². The van der Waals surface area contributed by atoms with Crippen LogP contribution in [-0.4, -0.2) is 63.0 Å². The average Bonchev–Trinajstić information content (AvgIpc) is 3.02. The predicted octanol–water partition coefficient (Wildman–Crippen LogP) is 6.60. The highest BCUT2D eigenvalue weighted by Crippen LogP contribution is 2.32. The van der Waals surface area contributed by atoms with E-state index < -0.39 is 66.5 Å². The summed E-state index contributed by atoms with van der Waals surface area (Å²) in [5.74, 6) is -2.79. The average molecular weight is 690 g/mol. The molecular formula is C32H31F8N3O5. The number of amides is 2. The molecule has 0 aliphatic carbocycles. The molecule has 0 unspecified atom stereocenters. The quantitative estimate of drug-likeness (QED) is 0.186. The van der Waals surface area contributed by atoms with Gasteiger partial charge in [0.1, 0.15) is 30.5 Å². The maximum atomic E-state index is 15.0. The van der Waals surface area contributed by atoms with Crippen LogP contribution in [0.5, 0.6) is 5.75 Å². The Bertz CT molecular complexity index is 1510. The van der Waals surface area contributed by atoms with Crippen LogP contribution in [0.4, 0.5) is 45.6 Å². The Kier molecular flexibility index (Phi) is 12.2. The summed E-state index contributed by atoms with van der Waals surface area (Å²) < 4.78 is 118. The van der Waals surface area contributed by atoms with Gasteiger partial charge in [-0.1, -0.05) is 30.3 Å². The van der Waals surface area contributed by atoms with Gasteiger partial charge < -0.3 is 30.2 Å².